The van der Waals surface area contributed by atoms with Crippen LogP contribution in [0.5, 0.6) is 0 Å². The van der Waals surface area contributed by atoms with E-state index >= 15 is 0 Å². The van der Waals surface area contributed by atoms with Gasteiger partial charge in [0.15, 0.2) is 0 Å². The van der Waals surface area contributed by atoms with Crippen molar-refractivity contribution in [3.05, 3.63) is 69.7 Å². The number of halogens is 1. The van der Waals surface area contributed by atoms with Crippen LogP contribution in [0.15, 0.2) is 52.8 Å². The van der Waals surface area contributed by atoms with Crippen LogP contribution in [0.2, 0.25) is 0 Å². The minimum absolute atomic E-state index is 0.0231. The molecule has 4 heterocycles. The second-order valence-corrected chi connectivity index (χ2v) is 7.85. The minimum Gasteiger partial charge on any atom is -0.369 e. The topological polar surface area (TPSA) is 43.8 Å². The third-order valence-electron chi connectivity index (χ3n) is 5.20. The maximum Gasteiger partial charge on any atom is 0.269 e. The van der Waals surface area contributed by atoms with Crippen molar-refractivity contribution in [3.8, 4) is 0 Å². The van der Waals surface area contributed by atoms with Crippen LogP contribution in [0, 0.1) is 5.82 Å². The number of benzene rings is 1. The zero-order valence-electron chi connectivity index (χ0n) is 14.7. The molecule has 1 aliphatic heterocycles. The number of thiophene rings is 1. The summed E-state index contributed by atoms with van der Waals surface area (Å²) in [6.07, 6.45) is 2.12. The molecule has 3 aromatic heterocycles. The van der Waals surface area contributed by atoms with E-state index in [0.29, 0.717) is 0 Å². The maximum atomic E-state index is 13.1. The molecule has 138 valence electrons. The minimum atomic E-state index is -0.198. The Morgan fingerprint density at radius 3 is 2.63 bits per heavy atom. The van der Waals surface area contributed by atoms with Crippen molar-refractivity contribution in [2.45, 2.75) is 6.54 Å². The summed E-state index contributed by atoms with van der Waals surface area (Å²) in [6, 6.07) is 10.8. The van der Waals surface area contributed by atoms with Crippen LogP contribution in [-0.4, -0.2) is 40.5 Å². The first-order valence-electron chi connectivity index (χ1n) is 9.01. The van der Waals surface area contributed by atoms with Crippen LogP contribution in [0.1, 0.15) is 5.56 Å². The van der Waals surface area contributed by atoms with Gasteiger partial charge in [0, 0.05) is 44.6 Å². The predicted molar refractivity (Wildman–Crippen MR) is 107 cm³/mol. The molecular formula is C20H19FN4OS. The summed E-state index contributed by atoms with van der Waals surface area (Å²) < 4.78 is 15.9. The van der Waals surface area contributed by atoms with Gasteiger partial charge in [-0.1, -0.05) is 0 Å². The predicted octanol–water partition coefficient (Wildman–Crippen LogP) is 3.30. The van der Waals surface area contributed by atoms with Crippen molar-refractivity contribution >= 4 is 32.9 Å². The van der Waals surface area contributed by atoms with Gasteiger partial charge in [0.25, 0.3) is 5.56 Å². The highest BCUT2D eigenvalue weighted by Crippen LogP contribution is 2.21. The summed E-state index contributed by atoms with van der Waals surface area (Å²) in [5.74, 6) is -0.198. The number of hydrogen-bond acceptors (Lipinski definition) is 4. The molecule has 1 N–H and O–H groups in total. The number of hydrogen-bond donors (Lipinski definition) is 1. The van der Waals surface area contributed by atoms with Crippen molar-refractivity contribution in [2.24, 2.45) is 0 Å². The second kappa shape index (κ2) is 6.51. The van der Waals surface area contributed by atoms with Crippen LogP contribution in [0.4, 0.5) is 10.1 Å². The van der Waals surface area contributed by atoms with Crippen molar-refractivity contribution in [2.75, 3.05) is 31.1 Å². The molecule has 5 rings (SSSR count). The highest BCUT2D eigenvalue weighted by atomic mass is 32.1. The Kier molecular flexibility index (Phi) is 3.98. The molecule has 0 spiro atoms. The summed E-state index contributed by atoms with van der Waals surface area (Å²) >= 11 is 1.47. The van der Waals surface area contributed by atoms with Gasteiger partial charge < -0.3 is 14.3 Å². The van der Waals surface area contributed by atoms with Gasteiger partial charge in [-0.3, -0.25) is 9.69 Å². The van der Waals surface area contributed by atoms with Crippen molar-refractivity contribution in [3.63, 3.8) is 0 Å². The molecule has 4 aromatic rings. The Morgan fingerprint density at radius 1 is 1.07 bits per heavy atom. The molecule has 0 aliphatic carbocycles. The van der Waals surface area contributed by atoms with Gasteiger partial charge in [-0.25, -0.2) is 4.39 Å². The zero-order valence-corrected chi connectivity index (χ0v) is 15.5. The van der Waals surface area contributed by atoms with Crippen LogP contribution < -0.4 is 10.5 Å². The van der Waals surface area contributed by atoms with E-state index in [1.165, 1.54) is 29.0 Å². The summed E-state index contributed by atoms with van der Waals surface area (Å²) in [7, 11) is 0. The number of aromatic nitrogens is 2. The van der Waals surface area contributed by atoms with E-state index < -0.39 is 0 Å². The summed E-state index contributed by atoms with van der Waals surface area (Å²) in [5, 5.41) is 1.95. The lowest BCUT2D eigenvalue weighted by Gasteiger charge is -2.36. The SMILES string of the molecule is O=c1[nH]c2cc(CN3CCN(c4ccc(F)cc4)CC3)cn2c2ccsc12. The molecule has 0 radical (unpaired) electrons. The Bertz CT molecular complexity index is 1150. The molecule has 0 bridgehead atoms. The summed E-state index contributed by atoms with van der Waals surface area (Å²) in [5.41, 5.74) is 4.05. The Morgan fingerprint density at radius 2 is 1.85 bits per heavy atom. The number of H-pyrrole nitrogens is 1. The van der Waals surface area contributed by atoms with Crippen LogP contribution in [-0.2, 0) is 6.54 Å². The molecule has 0 saturated carbocycles. The molecule has 0 atom stereocenters. The number of aromatic amines is 1. The van der Waals surface area contributed by atoms with Gasteiger partial charge in [0.05, 0.1) is 5.52 Å². The standard InChI is InChI=1S/C20H19FN4OS/c21-15-1-3-16(4-2-15)24-8-6-23(7-9-24)12-14-11-18-22-20(26)19-17(5-10-27-19)25(18)13-14/h1-5,10-11,13H,6-9,12H2,(H,22,26). The molecule has 1 saturated heterocycles. The second-order valence-electron chi connectivity index (χ2n) is 6.93. The Balaban J connectivity index is 1.31. The van der Waals surface area contributed by atoms with E-state index in [9.17, 15) is 9.18 Å². The molecule has 1 aliphatic rings. The van der Waals surface area contributed by atoms with Gasteiger partial charge in [0.1, 0.15) is 16.2 Å². The molecule has 0 amide bonds. The molecule has 1 fully saturated rings. The van der Waals surface area contributed by atoms with Crippen LogP contribution in [0.25, 0.3) is 15.9 Å². The molecule has 7 heteroatoms. The molecule has 1 aromatic carbocycles. The lowest BCUT2D eigenvalue weighted by molar-refractivity contribution is 0.250. The smallest absolute Gasteiger partial charge is 0.269 e. The number of piperazine rings is 1. The number of anilines is 1. The Hall–Kier alpha value is -2.64. The van der Waals surface area contributed by atoms with Gasteiger partial charge in [-0.05, 0) is 47.3 Å². The third kappa shape index (κ3) is 3.02. The van der Waals surface area contributed by atoms with Crippen molar-refractivity contribution in [1.29, 1.82) is 0 Å². The lowest BCUT2D eigenvalue weighted by Crippen LogP contribution is -2.45. The van der Waals surface area contributed by atoms with Crippen LogP contribution >= 0.6 is 11.3 Å². The fourth-order valence-electron chi connectivity index (χ4n) is 3.81. The van der Waals surface area contributed by atoms with Crippen molar-refractivity contribution in [1.82, 2.24) is 14.3 Å². The summed E-state index contributed by atoms with van der Waals surface area (Å²) in [4.78, 5) is 19.8. The quantitative estimate of drug-likeness (QED) is 0.591. The van der Waals surface area contributed by atoms with E-state index in [1.54, 1.807) is 0 Å². The third-order valence-corrected chi connectivity index (χ3v) is 6.10. The number of fused-ring (bicyclic) bond motifs is 3. The first-order chi connectivity index (χ1) is 13.2. The number of nitrogens with zero attached hydrogens (tertiary/aromatic N) is 3. The number of nitrogens with one attached hydrogen (secondary N) is 1. The maximum absolute atomic E-state index is 13.1. The highest BCUT2D eigenvalue weighted by molar-refractivity contribution is 7.17. The fraction of sp³-hybridized carbons (Fsp3) is 0.250. The first-order valence-corrected chi connectivity index (χ1v) is 9.89. The molecule has 27 heavy (non-hydrogen) atoms. The largest absolute Gasteiger partial charge is 0.369 e. The van der Waals surface area contributed by atoms with Gasteiger partial charge in [0.2, 0.25) is 0 Å². The Labute approximate surface area is 159 Å². The summed E-state index contributed by atoms with van der Waals surface area (Å²) in [6.45, 7) is 4.60. The number of rotatable bonds is 3. The zero-order chi connectivity index (χ0) is 18.4. The average Bonchev–Trinajstić information content (AvgIpc) is 3.30. The van der Waals surface area contributed by atoms with Crippen LogP contribution in [0.3, 0.4) is 0 Å². The molecular weight excluding hydrogens is 363 g/mol. The van der Waals surface area contributed by atoms with Gasteiger partial charge >= 0.3 is 0 Å². The van der Waals surface area contributed by atoms with Gasteiger partial charge in [-0.15, -0.1) is 11.3 Å². The van der Waals surface area contributed by atoms with E-state index in [4.69, 9.17) is 0 Å². The molecule has 5 nitrogen and oxygen atoms in total. The van der Waals surface area contributed by atoms with E-state index in [1.807, 2.05) is 23.6 Å². The monoisotopic (exact) mass is 382 g/mol. The lowest BCUT2D eigenvalue weighted by atomic mass is 10.2. The van der Waals surface area contributed by atoms with E-state index in [0.717, 1.165) is 54.3 Å². The first kappa shape index (κ1) is 16.5. The van der Waals surface area contributed by atoms with E-state index in [-0.39, 0.29) is 11.4 Å². The van der Waals surface area contributed by atoms with Gasteiger partial charge in [-0.2, -0.15) is 0 Å². The molecule has 0 unspecified atom stereocenters. The van der Waals surface area contributed by atoms with E-state index in [2.05, 4.69) is 31.4 Å². The van der Waals surface area contributed by atoms with Crippen molar-refractivity contribution < 1.29 is 4.39 Å². The normalized spacial score (nSPS) is 15.8. The fourth-order valence-corrected chi connectivity index (χ4v) is 4.59. The highest BCUT2D eigenvalue weighted by Gasteiger charge is 2.18. The average molecular weight is 382 g/mol.